The maximum absolute atomic E-state index is 12.2. The normalized spacial score (nSPS) is 19.2. The average Bonchev–Trinajstić information content (AvgIpc) is 2.98. The monoisotopic (exact) mass is 427 g/mol. The zero-order valence-electron chi connectivity index (χ0n) is 12.2. The third-order valence-electron chi connectivity index (χ3n) is 3.71. The lowest BCUT2D eigenvalue weighted by molar-refractivity contribution is -0.224. The summed E-state index contributed by atoms with van der Waals surface area (Å²) < 4.78 is 11.9. The van der Waals surface area contributed by atoms with Crippen LogP contribution in [-0.2, 0) is 25.6 Å². The van der Waals surface area contributed by atoms with Crippen LogP contribution in [0, 0.1) is 3.57 Å². The number of rotatable bonds is 3. The molecule has 120 valence electrons. The van der Waals surface area contributed by atoms with E-state index in [1.807, 2.05) is 24.3 Å². The minimum atomic E-state index is -1.01. The van der Waals surface area contributed by atoms with E-state index in [4.69, 9.17) is 15.0 Å². The van der Waals surface area contributed by atoms with Gasteiger partial charge < -0.3 is 9.47 Å². The molecule has 0 N–H and O–H groups in total. The third-order valence-corrected chi connectivity index (χ3v) is 6.48. The van der Waals surface area contributed by atoms with Gasteiger partial charge in [-0.25, -0.2) is 9.59 Å². The summed E-state index contributed by atoms with van der Waals surface area (Å²) in [5, 5.41) is 3.49. The first-order valence-corrected chi connectivity index (χ1v) is 9.36. The van der Waals surface area contributed by atoms with Crippen molar-refractivity contribution in [2.45, 2.75) is 38.0 Å². The number of hydrogen-bond donors (Lipinski definition) is 0. The number of esters is 2. The van der Waals surface area contributed by atoms with E-state index < -0.39 is 38.5 Å². The molecule has 0 atom stereocenters. The average molecular weight is 427 g/mol. The molecule has 1 saturated carbocycles. The van der Waals surface area contributed by atoms with Gasteiger partial charge in [-0.05, 0) is 36.1 Å². The van der Waals surface area contributed by atoms with Gasteiger partial charge in [-0.15, -0.1) is 0 Å². The largest absolute Gasteiger partial charge is 0.418 e. The molecule has 1 aliphatic heterocycles. The summed E-state index contributed by atoms with van der Waals surface area (Å²) >= 11 is -0.969. The van der Waals surface area contributed by atoms with Crippen LogP contribution < -0.4 is 0 Å². The van der Waals surface area contributed by atoms with Crippen molar-refractivity contribution < 1.29 is 19.1 Å². The minimum absolute atomic E-state index is 0.129. The molecule has 0 aromatic heterocycles. The zero-order valence-corrected chi connectivity index (χ0v) is 14.4. The van der Waals surface area contributed by atoms with Crippen molar-refractivity contribution in [1.29, 1.82) is 0 Å². The fourth-order valence-electron chi connectivity index (χ4n) is 2.60. The van der Waals surface area contributed by atoms with Crippen LogP contribution in [0.1, 0.15) is 31.2 Å². The van der Waals surface area contributed by atoms with Gasteiger partial charge in [-0.3, -0.25) is 0 Å². The molecule has 0 bridgehead atoms. The second-order valence-corrected chi connectivity index (χ2v) is 8.18. The Kier molecular flexibility index (Phi) is 4.63. The summed E-state index contributed by atoms with van der Waals surface area (Å²) in [7, 11) is 0. The number of azide groups is 1. The highest BCUT2D eigenvalue weighted by atomic mass is 127. The second-order valence-electron chi connectivity index (χ2n) is 5.32. The molecule has 1 aromatic rings. The number of halogens is 1. The van der Waals surface area contributed by atoms with Crippen molar-refractivity contribution in [3.05, 3.63) is 43.8 Å². The number of carbonyl (C=O) groups excluding carboxylic acids is 2. The predicted molar refractivity (Wildman–Crippen MR) is 90.4 cm³/mol. The first-order chi connectivity index (χ1) is 11.1. The van der Waals surface area contributed by atoms with Crippen LogP contribution in [-0.4, -0.2) is 21.2 Å². The van der Waals surface area contributed by atoms with Gasteiger partial charge in [0.2, 0.25) is 0 Å². The first-order valence-electron chi connectivity index (χ1n) is 7.20. The molecule has 2 fully saturated rings. The van der Waals surface area contributed by atoms with Crippen LogP contribution in [0.25, 0.3) is 10.4 Å². The topological polar surface area (TPSA) is 101 Å². The summed E-state index contributed by atoms with van der Waals surface area (Å²) in [6.07, 6.45) is 2.98. The summed E-state index contributed by atoms with van der Waals surface area (Å²) in [5.74, 6) is -2.08. The van der Waals surface area contributed by atoms with Crippen molar-refractivity contribution in [2.75, 3.05) is 0 Å². The Bertz CT molecular complexity index is 695. The van der Waals surface area contributed by atoms with E-state index in [2.05, 4.69) is 10.0 Å². The number of hydrogen-bond acceptors (Lipinski definition) is 5. The summed E-state index contributed by atoms with van der Waals surface area (Å²) in [5.41, 5.74) is 9.18. The molecule has 7 nitrogen and oxygen atoms in total. The molecule has 23 heavy (non-hydrogen) atoms. The van der Waals surface area contributed by atoms with E-state index in [0.29, 0.717) is 12.8 Å². The highest BCUT2D eigenvalue weighted by Crippen LogP contribution is 2.37. The molecule has 0 radical (unpaired) electrons. The molecule has 1 aliphatic carbocycles. The third kappa shape index (κ3) is 3.53. The fraction of sp³-hybridized carbons (Fsp3) is 0.400. The van der Waals surface area contributed by atoms with Gasteiger partial charge in [0.15, 0.2) is 3.51 Å². The molecular weight excluding hydrogens is 413 g/mol. The van der Waals surface area contributed by atoms with Crippen LogP contribution in [0.3, 0.4) is 0 Å². The van der Waals surface area contributed by atoms with Crippen LogP contribution in [0.4, 0.5) is 0 Å². The van der Waals surface area contributed by atoms with Gasteiger partial charge in [0.1, 0.15) is 0 Å². The summed E-state index contributed by atoms with van der Waals surface area (Å²) in [6, 6.07) is 7.32. The Hall–Kier alpha value is -1.93. The molecule has 8 heteroatoms. The van der Waals surface area contributed by atoms with E-state index >= 15 is 0 Å². The van der Waals surface area contributed by atoms with Crippen molar-refractivity contribution in [3.63, 3.8) is 0 Å². The van der Waals surface area contributed by atoms with Crippen molar-refractivity contribution in [1.82, 2.24) is 0 Å². The molecule has 1 saturated heterocycles. The molecule has 1 heterocycles. The van der Waals surface area contributed by atoms with Gasteiger partial charge in [0.25, 0.3) is 5.79 Å². The van der Waals surface area contributed by atoms with Gasteiger partial charge in [-0.1, -0.05) is 38.0 Å². The number of nitrogens with zero attached hydrogens (tertiary/aromatic N) is 3. The first kappa shape index (κ1) is 15.9. The Morgan fingerprint density at radius 1 is 1.13 bits per heavy atom. The summed E-state index contributed by atoms with van der Waals surface area (Å²) in [4.78, 5) is 27.1. The number of carbonyl (C=O) groups is 2. The van der Waals surface area contributed by atoms with Crippen molar-refractivity contribution in [2.24, 2.45) is 5.11 Å². The van der Waals surface area contributed by atoms with Crippen LogP contribution in [0.15, 0.2) is 29.4 Å². The van der Waals surface area contributed by atoms with E-state index in [9.17, 15) is 9.59 Å². The molecule has 1 aromatic carbocycles. The Morgan fingerprint density at radius 2 is 1.74 bits per heavy atom. The van der Waals surface area contributed by atoms with Gasteiger partial charge in [-0.2, -0.15) is 0 Å². The van der Waals surface area contributed by atoms with E-state index in [-0.39, 0.29) is 10.1 Å². The lowest BCUT2D eigenvalue weighted by atomic mass is 10.2. The highest BCUT2D eigenvalue weighted by molar-refractivity contribution is 14.2. The SMILES string of the molecule is [N-]=[N+]=NCc1ccc(I=C2C(=O)OC3(CCCC3)OC2=O)cc1. The lowest BCUT2D eigenvalue weighted by Crippen LogP contribution is -2.48. The van der Waals surface area contributed by atoms with E-state index in [1.165, 1.54) is 0 Å². The zero-order chi connectivity index (χ0) is 16.3. The number of ether oxygens (including phenoxy) is 2. The maximum Gasteiger partial charge on any atom is 0.354 e. The quantitative estimate of drug-likeness (QED) is 0.243. The van der Waals surface area contributed by atoms with Crippen LogP contribution in [0.5, 0.6) is 0 Å². The molecule has 0 amide bonds. The van der Waals surface area contributed by atoms with Crippen LogP contribution >= 0.6 is 20.7 Å². The standard InChI is InChI=1S/C15H14IN3O4/c17-19-18-9-10-3-5-11(6-4-10)16-12-13(20)22-15(23-14(12)21)7-1-2-8-15/h3-6H,1-2,7-9H2. The fourth-order valence-corrected chi connectivity index (χ4v) is 4.60. The maximum atomic E-state index is 12.2. The Labute approximate surface area is 142 Å². The number of benzene rings is 1. The molecule has 2 aliphatic rings. The summed E-state index contributed by atoms with van der Waals surface area (Å²) in [6.45, 7) is 0.276. The molecule has 0 unspecified atom stereocenters. The lowest BCUT2D eigenvalue weighted by Gasteiger charge is -2.32. The Morgan fingerprint density at radius 3 is 2.30 bits per heavy atom. The predicted octanol–water partition coefficient (Wildman–Crippen LogP) is 3.18. The highest BCUT2D eigenvalue weighted by Gasteiger charge is 2.48. The van der Waals surface area contributed by atoms with E-state index in [1.54, 1.807) is 0 Å². The van der Waals surface area contributed by atoms with Crippen LogP contribution in [0.2, 0.25) is 0 Å². The van der Waals surface area contributed by atoms with Gasteiger partial charge >= 0.3 is 11.9 Å². The smallest absolute Gasteiger partial charge is 0.354 e. The van der Waals surface area contributed by atoms with Crippen molar-refractivity contribution >= 4 is 36.2 Å². The molecule has 1 spiro atoms. The molecule has 3 rings (SSSR count). The van der Waals surface area contributed by atoms with Crippen molar-refractivity contribution in [3.8, 4) is 0 Å². The molecular formula is C15H14IN3O4. The van der Waals surface area contributed by atoms with Gasteiger partial charge in [0, 0.05) is 21.3 Å². The van der Waals surface area contributed by atoms with E-state index in [0.717, 1.165) is 22.0 Å². The Balaban J connectivity index is 1.78. The second kappa shape index (κ2) is 6.67. The minimum Gasteiger partial charge on any atom is -0.418 e. The van der Waals surface area contributed by atoms with Gasteiger partial charge in [0.05, 0.1) is 6.54 Å².